The molecule has 0 atom stereocenters. The van der Waals surface area contributed by atoms with Gasteiger partial charge in [-0.15, -0.1) is 0 Å². The van der Waals surface area contributed by atoms with Crippen LogP contribution in [0.3, 0.4) is 0 Å². The minimum Gasteiger partial charge on any atom is -0.309 e. The number of para-hydroxylation sites is 1. The molecule has 31 heavy (non-hydrogen) atoms. The van der Waals surface area contributed by atoms with E-state index in [9.17, 15) is 9.18 Å². The summed E-state index contributed by atoms with van der Waals surface area (Å²) < 4.78 is 13.5. The Hall–Kier alpha value is -3.92. The molecular formula is C27H23FN2O. The van der Waals surface area contributed by atoms with Gasteiger partial charge in [0.2, 0.25) is 0 Å². The predicted molar refractivity (Wildman–Crippen MR) is 122 cm³/mol. The molecule has 154 valence electrons. The summed E-state index contributed by atoms with van der Waals surface area (Å²) in [6.07, 6.45) is 0. The van der Waals surface area contributed by atoms with Crippen LogP contribution in [0.1, 0.15) is 22.7 Å². The molecule has 0 radical (unpaired) electrons. The number of nitrogens with one attached hydrogen (secondary N) is 1. The summed E-state index contributed by atoms with van der Waals surface area (Å²) in [5.74, 6) is -0.299. The SMILES string of the molecule is O=C(Nc1ccccc1)N(Cc1ccc(F)cc1)C(c1ccccc1)c1ccccc1. The number of rotatable bonds is 6. The largest absolute Gasteiger partial charge is 0.322 e. The number of benzene rings is 4. The number of anilines is 1. The number of urea groups is 1. The normalized spacial score (nSPS) is 10.6. The molecule has 0 aliphatic carbocycles. The number of halogens is 1. The third kappa shape index (κ3) is 5.17. The van der Waals surface area contributed by atoms with Gasteiger partial charge in [-0.05, 0) is 41.0 Å². The van der Waals surface area contributed by atoms with Gasteiger partial charge < -0.3 is 10.2 Å². The molecule has 0 bridgehead atoms. The van der Waals surface area contributed by atoms with Crippen molar-refractivity contribution >= 4 is 11.7 Å². The predicted octanol–water partition coefficient (Wildman–Crippen LogP) is 6.65. The van der Waals surface area contributed by atoms with Gasteiger partial charge in [0, 0.05) is 12.2 Å². The second-order valence-electron chi connectivity index (χ2n) is 7.27. The van der Waals surface area contributed by atoms with Gasteiger partial charge in [-0.1, -0.05) is 91.0 Å². The van der Waals surface area contributed by atoms with E-state index in [1.165, 1.54) is 12.1 Å². The van der Waals surface area contributed by atoms with Crippen LogP contribution in [0.25, 0.3) is 0 Å². The van der Waals surface area contributed by atoms with Crippen molar-refractivity contribution in [2.45, 2.75) is 12.6 Å². The lowest BCUT2D eigenvalue weighted by Crippen LogP contribution is -2.38. The van der Waals surface area contributed by atoms with Gasteiger partial charge in [0.25, 0.3) is 0 Å². The van der Waals surface area contributed by atoms with Crippen molar-refractivity contribution in [2.75, 3.05) is 5.32 Å². The highest BCUT2D eigenvalue weighted by Gasteiger charge is 2.27. The zero-order valence-corrected chi connectivity index (χ0v) is 17.0. The van der Waals surface area contributed by atoms with E-state index in [0.717, 1.165) is 22.4 Å². The van der Waals surface area contributed by atoms with Gasteiger partial charge >= 0.3 is 6.03 Å². The van der Waals surface area contributed by atoms with E-state index in [2.05, 4.69) is 5.32 Å². The van der Waals surface area contributed by atoms with Crippen LogP contribution in [0.2, 0.25) is 0 Å². The third-order valence-corrected chi connectivity index (χ3v) is 5.09. The van der Waals surface area contributed by atoms with Gasteiger partial charge in [-0.25, -0.2) is 9.18 Å². The summed E-state index contributed by atoms with van der Waals surface area (Å²) in [5.41, 5.74) is 3.57. The van der Waals surface area contributed by atoms with Crippen LogP contribution < -0.4 is 5.32 Å². The molecule has 2 amide bonds. The van der Waals surface area contributed by atoms with Crippen molar-refractivity contribution < 1.29 is 9.18 Å². The minimum absolute atomic E-state index is 0.228. The highest BCUT2D eigenvalue weighted by molar-refractivity contribution is 5.89. The Kier molecular flexibility index (Phi) is 6.38. The first-order valence-corrected chi connectivity index (χ1v) is 10.2. The highest BCUT2D eigenvalue weighted by atomic mass is 19.1. The highest BCUT2D eigenvalue weighted by Crippen LogP contribution is 2.31. The fourth-order valence-electron chi connectivity index (χ4n) is 3.61. The number of carbonyl (C=O) groups excluding carboxylic acids is 1. The maximum atomic E-state index is 13.5. The summed E-state index contributed by atoms with van der Waals surface area (Å²) in [4.78, 5) is 15.3. The molecule has 0 unspecified atom stereocenters. The number of amides is 2. The van der Waals surface area contributed by atoms with E-state index in [-0.39, 0.29) is 17.9 Å². The van der Waals surface area contributed by atoms with Crippen molar-refractivity contribution in [3.63, 3.8) is 0 Å². The first-order valence-electron chi connectivity index (χ1n) is 10.2. The first kappa shape index (κ1) is 20.4. The Labute approximate surface area is 181 Å². The van der Waals surface area contributed by atoms with E-state index in [4.69, 9.17) is 0 Å². The summed E-state index contributed by atoms with van der Waals surface area (Å²) in [6, 6.07) is 35.0. The lowest BCUT2D eigenvalue weighted by Gasteiger charge is -2.33. The van der Waals surface area contributed by atoms with Crippen LogP contribution in [-0.2, 0) is 6.54 Å². The molecule has 0 fully saturated rings. The van der Waals surface area contributed by atoms with E-state index >= 15 is 0 Å². The third-order valence-electron chi connectivity index (χ3n) is 5.09. The molecule has 4 heteroatoms. The number of hydrogen-bond donors (Lipinski definition) is 1. The summed E-state index contributed by atoms with van der Waals surface area (Å²) in [5, 5.41) is 3.01. The van der Waals surface area contributed by atoms with Crippen molar-refractivity contribution in [1.29, 1.82) is 0 Å². The van der Waals surface area contributed by atoms with Gasteiger partial charge in [0.1, 0.15) is 5.82 Å². The van der Waals surface area contributed by atoms with Crippen molar-refractivity contribution in [3.05, 3.63) is 138 Å². The maximum absolute atomic E-state index is 13.5. The second-order valence-corrected chi connectivity index (χ2v) is 7.27. The van der Waals surface area contributed by atoms with Crippen molar-refractivity contribution in [3.8, 4) is 0 Å². The van der Waals surface area contributed by atoms with Gasteiger partial charge in [0.15, 0.2) is 0 Å². The molecule has 0 aliphatic heterocycles. The van der Waals surface area contributed by atoms with E-state index in [1.807, 2.05) is 91.0 Å². The summed E-state index contributed by atoms with van der Waals surface area (Å²) >= 11 is 0. The average Bonchev–Trinajstić information content (AvgIpc) is 2.82. The number of nitrogens with zero attached hydrogens (tertiary/aromatic N) is 1. The Bertz CT molecular complexity index is 1060. The van der Waals surface area contributed by atoms with Crippen molar-refractivity contribution in [2.24, 2.45) is 0 Å². The number of carbonyl (C=O) groups is 1. The van der Waals surface area contributed by atoms with Crippen LogP contribution in [0, 0.1) is 5.82 Å². The average molecular weight is 410 g/mol. The van der Waals surface area contributed by atoms with E-state index in [0.29, 0.717) is 6.54 Å². The molecule has 0 saturated heterocycles. The van der Waals surface area contributed by atoms with E-state index in [1.54, 1.807) is 17.0 Å². The monoisotopic (exact) mass is 410 g/mol. The Morgan fingerprint density at radius 1 is 0.710 bits per heavy atom. The minimum atomic E-state index is -0.309. The lowest BCUT2D eigenvalue weighted by atomic mass is 9.96. The molecular weight excluding hydrogens is 387 g/mol. The molecule has 3 nitrogen and oxygen atoms in total. The molecule has 0 aromatic heterocycles. The fraction of sp³-hybridized carbons (Fsp3) is 0.0741. The van der Waals surface area contributed by atoms with Gasteiger partial charge in [-0.3, -0.25) is 0 Å². The Morgan fingerprint density at radius 3 is 1.71 bits per heavy atom. The van der Waals surface area contributed by atoms with Crippen molar-refractivity contribution in [1.82, 2.24) is 4.90 Å². The quantitative estimate of drug-likeness (QED) is 0.379. The fourth-order valence-corrected chi connectivity index (χ4v) is 3.61. The zero-order valence-electron chi connectivity index (χ0n) is 17.0. The Morgan fingerprint density at radius 2 is 1.19 bits per heavy atom. The van der Waals surface area contributed by atoms with Gasteiger partial charge in [0.05, 0.1) is 6.04 Å². The molecule has 0 heterocycles. The topological polar surface area (TPSA) is 32.3 Å². The van der Waals surface area contributed by atoms with Crippen LogP contribution >= 0.6 is 0 Å². The molecule has 1 N–H and O–H groups in total. The standard InChI is InChI=1S/C27H23FN2O/c28-24-18-16-21(17-19-24)20-30(27(31)29-25-14-8-3-9-15-25)26(22-10-4-1-5-11-22)23-12-6-2-7-13-23/h1-19,26H,20H2,(H,29,31). The smallest absolute Gasteiger partial charge is 0.309 e. The van der Waals surface area contributed by atoms with Crippen LogP contribution in [0.15, 0.2) is 115 Å². The molecule has 0 saturated carbocycles. The van der Waals surface area contributed by atoms with Crippen LogP contribution in [0.4, 0.5) is 14.9 Å². The first-order chi connectivity index (χ1) is 15.2. The molecule has 0 aliphatic rings. The Balaban J connectivity index is 1.75. The zero-order chi connectivity index (χ0) is 21.5. The second kappa shape index (κ2) is 9.72. The van der Waals surface area contributed by atoms with Gasteiger partial charge in [-0.2, -0.15) is 0 Å². The lowest BCUT2D eigenvalue weighted by molar-refractivity contribution is 0.194. The van der Waals surface area contributed by atoms with Crippen LogP contribution in [0.5, 0.6) is 0 Å². The molecule has 4 aromatic carbocycles. The molecule has 4 rings (SSSR count). The summed E-state index contributed by atoms with van der Waals surface area (Å²) in [6.45, 7) is 0.327. The van der Waals surface area contributed by atoms with E-state index < -0.39 is 0 Å². The summed E-state index contributed by atoms with van der Waals surface area (Å²) in [7, 11) is 0. The van der Waals surface area contributed by atoms with Crippen LogP contribution in [-0.4, -0.2) is 10.9 Å². The maximum Gasteiger partial charge on any atom is 0.322 e. The molecule has 0 spiro atoms. The molecule has 4 aromatic rings. The number of hydrogen-bond acceptors (Lipinski definition) is 1.